The summed E-state index contributed by atoms with van der Waals surface area (Å²) in [7, 11) is 1.82. The highest BCUT2D eigenvalue weighted by Crippen LogP contribution is 2.41. The Hall–Kier alpha value is -3.08. The van der Waals surface area contributed by atoms with Gasteiger partial charge < -0.3 is 14.0 Å². The van der Waals surface area contributed by atoms with Gasteiger partial charge in [-0.25, -0.2) is 0 Å². The molecule has 0 spiro atoms. The van der Waals surface area contributed by atoms with E-state index in [0.29, 0.717) is 5.56 Å². The molecule has 0 aliphatic rings. The highest BCUT2D eigenvalue weighted by atomic mass is 16.6. The zero-order chi connectivity index (χ0) is 27.2. The summed E-state index contributed by atoms with van der Waals surface area (Å²) < 4.78 is 14.3. The van der Waals surface area contributed by atoms with Crippen LogP contribution in [0.3, 0.4) is 0 Å². The van der Waals surface area contributed by atoms with E-state index < -0.39 is 11.2 Å². The quantitative estimate of drug-likeness (QED) is 0.335. The van der Waals surface area contributed by atoms with Crippen LogP contribution in [-0.4, -0.2) is 21.7 Å². The number of hydrogen-bond donors (Lipinski definition) is 0. The Balaban J connectivity index is 2.12. The van der Waals surface area contributed by atoms with Crippen molar-refractivity contribution in [1.29, 1.82) is 0 Å². The summed E-state index contributed by atoms with van der Waals surface area (Å²) in [6.45, 7) is 19.7. The fourth-order valence-electron chi connectivity index (χ4n) is 4.46. The Labute approximate surface area is 215 Å². The van der Waals surface area contributed by atoms with Crippen molar-refractivity contribution >= 4 is 16.9 Å². The Morgan fingerprint density at radius 1 is 0.944 bits per heavy atom. The lowest BCUT2D eigenvalue weighted by atomic mass is 9.86. The first-order valence-electron chi connectivity index (χ1n) is 12.8. The summed E-state index contributed by atoms with van der Waals surface area (Å²) in [5, 5.41) is 1.02. The van der Waals surface area contributed by atoms with Crippen molar-refractivity contribution in [2.45, 2.75) is 86.9 Å². The zero-order valence-corrected chi connectivity index (χ0v) is 23.8. The third kappa shape index (κ3) is 4.68. The van der Waals surface area contributed by atoms with E-state index in [1.54, 1.807) is 4.57 Å². The van der Waals surface area contributed by atoms with Gasteiger partial charge in [-0.05, 0) is 107 Å². The van der Waals surface area contributed by atoms with Crippen LogP contribution in [0.4, 0.5) is 0 Å². The van der Waals surface area contributed by atoms with Gasteiger partial charge in [0.1, 0.15) is 17.0 Å². The molecule has 0 saturated carbocycles. The lowest BCUT2D eigenvalue weighted by Gasteiger charge is -2.42. The maximum absolute atomic E-state index is 13.4. The van der Waals surface area contributed by atoms with Gasteiger partial charge in [0.05, 0.1) is 11.4 Å². The van der Waals surface area contributed by atoms with Crippen LogP contribution in [0.2, 0.25) is 0 Å². The topological polar surface area (TPSA) is 57.5 Å². The summed E-state index contributed by atoms with van der Waals surface area (Å²) in [5.41, 5.74) is 4.82. The van der Waals surface area contributed by atoms with Crippen molar-refractivity contribution in [2.75, 3.05) is 0 Å². The van der Waals surface area contributed by atoms with Crippen molar-refractivity contribution in [3.05, 3.63) is 62.9 Å². The van der Waals surface area contributed by atoms with E-state index in [2.05, 4.69) is 0 Å². The first-order valence-corrected chi connectivity index (χ1v) is 12.8. The van der Waals surface area contributed by atoms with E-state index in [1.165, 1.54) is 0 Å². The van der Waals surface area contributed by atoms with Gasteiger partial charge in [-0.3, -0.25) is 9.59 Å². The molecule has 194 valence electrons. The Morgan fingerprint density at radius 3 is 2.06 bits per heavy atom. The molecule has 0 aliphatic carbocycles. The highest BCUT2D eigenvalue weighted by molar-refractivity contribution is 5.86. The molecule has 0 saturated heterocycles. The molecule has 0 amide bonds. The molecule has 1 atom stereocenters. The molecular weight excluding hydrogens is 450 g/mol. The number of carbonyl (C=O) groups is 1. The average Bonchev–Trinajstić information content (AvgIpc) is 2.82. The van der Waals surface area contributed by atoms with Crippen molar-refractivity contribution in [1.82, 2.24) is 4.57 Å². The third-order valence-corrected chi connectivity index (χ3v) is 8.14. The number of nitrogens with zero attached hydrogens (tertiary/aromatic N) is 1. The van der Waals surface area contributed by atoms with Crippen LogP contribution in [0, 0.1) is 33.6 Å². The van der Waals surface area contributed by atoms with Crippen LogP contribution < -0.4 is 10.3 Å². The highest BCUT2D eigenvalue weighted by Gasteiger charge is 2.44. The third-order valence-electron chi connectivity index (χ3n) is 8.14. The minimum Gasteiger partial charge on any atom is -0.483 e. The van der Waals surface area contributed by atoms with Crippen LogP contribution in [0.5, 0.6) is 5.75 Å². The van der Waals surface area contributed by atoms with E-state index in [9.17, 15) is 9.59 Å². The van der Waals surface area contributed by atoms with Gasteiger partial charge in [0.2, 0.25) is 0 Å². The van der Waals surface area contributed by atoms with Crippen molar-refractivity contribution < 1.29 is 14.3 Å². The molecule has 2 aromatic carbocycles. The molecule has 0 aliphatic heterocycles. The number of para-hydroxylation sites is 1. The molecule has 0 N–H and O–H groups in total. The van der Waals surface area contributed by atoms with Gasteiger partial charge in [0, 0.05) is 12.6 Å². The fourth-order valence-corrected chi connectivity index (χ4v) is 4.46. The maximum atomic E-state index is 13.4. The zero-order valence-electron chi connectivity index (χ0n) is 23.8. The van der Waals surface area contributed by atoms with E-state index in [1.807, 2.05) is 107 Å². The number of fused-ring (bicyclic) bond motifs is 1. The minimum absolute atomic E-state index is 0.0224. The predicted octanol–water partition coefficient (Wildman–Crippen LogP) is 6.96. The fraction of sp³-hybridized carbons (Fsp3) is 0.484. The van der Waals surface area contributed by atoms with Crippen molar-refractivity contribution in [2.24, 2.45) is 13.0 Å². The van der Waals surface area contributed by atoms with E-state index in [4.69, 9.17) is 9.47 Å². The molecule has 1 unspecified atom stereocenters. The Morgan fingerprint density at radius 2 is 1.50 bits per heavy atom. The maximum Gasteiger partial charge on any atom is 0.309 e. The SMILES string of the molecule is CCC(C)C(=O)OC(C)(C)C(C)(C)Oc1c(C)c(C)c(-c2cc3ccccc3n(C)c2=O)c(C)c1C. The first kappa shape index (κ1) is 27.5. The second-order valence-corrected chi connectivity index (χ2v) is 11.0. The predicted molar refractivity (Wildman–Crippen MR) is 148 cm³/mol. The number of benzene rings is 2. The monoisotopic (exact) mass is 491 g/mol. The van der Waals surface area contributed by atoms with Crippen LogP contribution >= 0.6 is 0 Å². The standard InChI is InChI=1S/C31H41NO4/c1-12-18(2)29(34)36-31(9,10)30(7,8)35-27-21(5)19(3)26(20(4)22(27)6)24-17-23-15-13-14-16-25(23)32(11)28(24)33/h13-18H,12H2,1-11H3. The molecule has 1 heterocycles. The molecule has 5 nitrogen and oxygen atoms in total. The van der Waals surface area contributed by atoms with Crippen LogP contribution in [0.25, 0.3) is 22.0 Å². The summed E-state index contributed by atoms with van der Waals surface area (Å²) in [6.07, 6.45) is 0.725. The van der Waals surface area contributed by atoms with Crippen LogP contribution in [-0.2, 0) is 16.6 Å². The summed E-state index contributed by atoms with van der Waals surface area (Å²) >= 11 is 0. The van der Waals surface area contributed by atoms with Gasteiger partial charge >= 0.3 is 5.97 Å². The molecule has 1 aromatic heterocycles. The summed E-state index contributed by atoms with van der Waals surface area (Å²) in [4.78, 5) is 26.0. The summed E-state index contributed by atoms with van der Waals surface area (Å²) in [5.74, 6) is 0.378. The number of rotatable bonds is 7. The number of aromatic nitrogens is 1. The molecule has 3 rings (SSSR count). The van der Waals surface area contributed by atoms with Crippen LogP contribution in [0.1, 0.15) is 70.2 Å². The molecule has 0 fully saturated rings. The largest absolute Gasteiger partial charge is 0.483 e. The Bertz CT molecular complexity index is 1350. The minimum atomic E-state index is -0.860. The molecule has 36 heavy (non-hydrogen) atoms. The molecule has 5 heteroatoms. The molecule has 0 bridgehead atoms. The summed E-state index contributed by atoms with van der Waals surface area (Å²) in [6, 6.07) is 9.92. The van der Waals surface area contributed by atoms with Gasteiger partial charge in [-0.2, -0.15) is 0 Å². The van der Waals surface area contributed by atoms with Crippen molar-refractivity contribution in [3.63, 3.8) is 0 Å². The van der Waals surface area contributed by atoms with Gasteiger partial charge in [0.25, 0.3) is 5.56 Å². The second-order valence-electron chi connectivity index (χ2n) is 11.0. The van der Waals surface area contributed by atoms with E-state index in [0.717, 1.165) is 50.9 Å². The van der Waals surface area contributed by atoms with Gasteiger partial charge in [-0.1, -0.05) is 32.0 Å². The van der Waals surface area contributed by atoms with Gasteiger partial charge in [0.15, 0.2) is 0 Å². The molecule has 0 radical (unpaired) electrons. The first-order chi connectivity index (χ1) is 16.6. The number of aryl methyl sites for hydroxylation is 1. The van der Waals surface area contributed by atoms with E-state index in [-0.39, 0.29) is 17.4 Å². The number of ether oxygens (including phenoxy) is 2. The normalized spacial score (nSPS) is 13.1. The van der Waals surface area contributed by atoms with Crippen molar-refractivity contribution in [3.8, 4) is 16.9 Å². The average molecular weight is 492 g/mol. The second kappa shape index (κ2) is 9.76. The lowest BCUT2D eigenvalue weighted by Crippen LogP contribution is -2.53. The number of esters is 1. The number of carbonyl (C=O) groups excluding carboxylic acids is 1. The molecule has 3 aromatic rings. The molecular formula is C31H41NO4. The van der Waals surface area contributed by atoms with Crippen LogP contribution in [0.15, 0.2) is 35.1 Å². The lowest BCUT2D eigenvalue weighted by molar-refractivity contribution is -0.180. The van der Waals surface area contributed by atoms with Gasteiger partial charge in [-0.15, -0.1) is 0 Å². The number of hydrogen-bond acceptors (Lipinski definition) is 4. The Kier molecular flexibility index (Phi) is 7.46. The van der Waals surface area contributed by atoms with E-state index >= 15 is 0 Å². The number of pyridine rings is 1. The smallest absolute Gasteiger partial charge is 0.309 e.